The van der Waals surface area contributed by atoms with E-state index in [4.69, 9.17) is 0 Å². The number of carbonyl (C=O) groups excluding carboxylic acids is 1. The van der Waals surface area contributed by atoms with Crippen molar-refractivity contribution in [1.82, 2.24) is 4.98 Å². The van der Waals surface area contributed by atoms with Gasteiger partial charge in [-0.3, -0.25) is 9.78 Å². The van der Waals surface area contributed by atoms with E-state index < -0.39 is 0 Å². The summed E-state index contributed by atoms with van der Waals surface area (Å²) in [6, 6.07) is 9.15. The van der Waals surface area contributed by atoms with Crippen molar-refractivity contribution in [3.05, 3.63) is 60.2 Å². The Bertz CT molecular complexity index is 511. The number of hydrogen-bond donors (Lipinski definition) is 0. The van der Waals surface area contributed by atoms with Crippen LogP contribution in [0.1, 0.15) is 10.4 Å². The molecular formula is C13H11FN2O. The summed E-state index contributed by atoms with van der Waals surface area (Å²) in [5.41, 5.74) is 1.14. The van der Waals surface area contributed by atoms with E-state index in [1.165, 1.54) is 23.2 Å². The van der Waals surface area contributed by atoms with E-state index >= 15 is 0 Å². The highest BCUT2D eigenvalue weighted by molar-refractivity contribution is 6.05. The van der Waals surface area contributed by atoms with Crippen molar-refractivity contribution in [2.45, 2.75) is 0 Å². The van der Waals surface area contributed by atoms with Gasteiger partial charge in [-0.25, -0.2) is 4.39 Å². The number of aromatic nitrogens is 1. The molecule has 0 fully saturated rings. The maximum absolute atomic E-state index is 12.8. The minimum Gasteiger partial charge on any atom is -0.311 e. The van der Waals surface area contributed by atoms with Crippen LogP contribution in [0, 0.1) is 5.82 Å². The summed E-state index contributed by atoms with van der Waals surface area (Å²) >= 11 is 0. The maximum atomic E-state index is 12.8. The van der Waals surface area contributed by atoms with Gasteiger partial charge in [0.1, 0.15) is 5.82 Å². The van der Waals surface area contributed by atoms with E-state index in [-0.39, 0.29) is 11.7 Å². The third-order valence-electron chi connectivity index (χ3n) is 2.43. The zero-order valence-corrected chi connectivity index (χ0v) is 9.30. The van der Waals surface area contributed by atoms with Crippen molar-refractivity contribution in [3.8, 4) is 0 Å². The Balaban J connectivity index is 2.23. The fourth-order valence-electron chi connectivity index (χ4n) is 1.46. The minimum atomic E-state index is -0.323. The van der Waals surface area contributed by atoms with E-state index in [9.17, 15) is 9.18 Å². The Morgan fingerprint density at radius 2 is 1.94 bits per heavy atom. The number of rotatable bonds is 2. The molecule has 1 aromatic carbocycles. The zero-order valence-electron chi connectivity index (χ0n) is 9.30. The third kappa shape index (κ3) is 2.47. The fraction of sp³-hybridized carbons (Fsp3) is 0.0769. The van der Waals surface area contributed by atoms with E-state index in [2.05, 4.69) is 4.98 Å². The van der Waals surface area contributed by atoms with Crippen LogP contribution in [0.3, 0.4) is 0 Å². The van der Waals surface area contributed by atoms with Crippen molar-refractivity contribution in [2.75, 3.05) is 11.9 Å². The predicted molar refractivity (Wildman–Crippen MR) is 63.4 cm³/mol. The van der Waals surface area contributed by atoms with Crippen LogP contribution in [0.2, 0.25) is 0 Å². The molecule has 0 saturated heterocycles. The van der Waals surface area contributed by atoms with Crippen LogP contribution in [0.25, 0.3) is 0 Å². The van der Waals surface area contributed by atoms with Gasteiger partial charge in [-0.05, 0) is 36.4 Å². The van der Waals surface area contributed by atoms with Crippen molar-refractivity contribution in [2.24, 2.45) is 0 Å². The number of benzene rings is 1. The van der Waals surface area contributed by atoms with Gasteiger partial charge in [-0.1, -0.05) is 0 Å². The topological polar surface area (TPSA) is 33.2 Å². The lowest BCUT2D eigenvalue weighted by Gasteiger charge is -2.16. The molecule has 4 heteroatoms. The number of nitrogens with zero attached hydrogens (tertiary/aromatic N) is 2. The summed E-state index contributed by atoms with van der Waals surface area (Å²) in [5, 5.41) is 0. The van der Waals surface area contributed by atoms with Gasteiger partial charge in [0.05, 0.1) is 5.56 Å². The number of amides is 1. The van der Waals surface area contributed by atoms with Gasteiger partial charge in [0.25, 0.3) is 5.91 Å². The molecule has 1 amide bonds. The first kappa shape index (κ1) is 11.3. The summed E-state index contributed by atoms with van der Waals surface area (Å²) in [6.45, 7) is 0. The molecule has 0 atom stereocenters. The largest absolute Gasteiger partial charge is 0.311 e. The summed E-state index contributed by atoms with van der Waals surface area (Å²) in [4.78, 5) is 17.4. The fourth-order valence-corrected chi connectivity index (χ4v) is 1.46. The highest BCUT2D eigenvalue weighted by Gasteiger charge is 2.12. The van der Waals surface area contributed by atoms with E-state index in [1.807, 2.05) is 0 Å². The second-order valence-corrected chi connectivity index (χ2v) is 3.58. The van der Waals surface area contributed by atoms with Gasteiger partial charge in [0.2, 0.25) is 0 Å². The summed E-state index contributed by atoms with van der Waals surface area (Å²) in [6.07, 6.45) is 3.11. The Labute approximate surface area is 98.5 Å². The average Bonchev–Trinajstić information content (AvgIpc) is 2.39. The molecule has 0 N–H and O–H groups in total. The van der Waals surface area contributed by atoms with Gasteiger partial charge in [-0.15, -0.1) is 0 Å². The summed E-state index contributed by atoms with van der Waals surface area (Å²) in [7, 11) is 1.64. The molecule has 0 bridgehead atoms. The van der Waals surface area contributed by atoms with Crippen molar-refractivity contribution >= 4 is 11.6 Å². The SMILES string of the molecule is CN(C(=O)c1cccnc1)c1ccc(F)cc1. The van der Waals surface area contributed by atoms with Crippen LogP contribution in [0.15, 0.2) is 48.8 Å². The second kappa shape index (κ2) is 4.74. The Hall–Kier alpha value is -2.23. The average molecular weight is 230 g/mol. The molecule has 3 nitrogen and oxygen atoms in total. The molecule has 2 rings (SSSR count). The van der Waals surface area contributed by atoms with Crippen LogP contribution in [0.5, 0.6) is 0 Å². The minimum absolute atomic E-state index is 0.176. The van der Waals surface area contributed by atoms with Crippen LogP contribution >= 0.6 is 0 Å². The van der Waals surface area contributed by atoms with Crippen molar-refractivity contribution in [3.63, 3.8) is 0 Å². The number of pyridine rings is 1. The van der Waals surface area contributed by atoms with Gasteiger partial charge in [0, 0.05) is 25.1 Å². The molecule has 0 spiro atoms. The number of anilines is 1. The first-order valence-corrected chi connectivity index (χ1v) is 5.12. The van der Waals surface area contributed by atoms with Gasteiger partial charge in [0.15, 0.2) is 0 Å². The Morgan fingerprint density at radius 3 is 2.53 bits per heavy atom. The van der Waals surface area contributed by atoms with E-state index in [0.717, 1.165) is 0 Å². The lowest BCUT2D eigenvalue weighted by molar-refractivity contribution is 0.0992. The van der Waals surface area contributed by atoms with E-state index in [0.29, 0.717) is 11.3 Å². The van der Waals surface area contributed by atoms with Crippen LogP contribution in [-0.2, 0) is 0 Å². The molecule has 0 aliphatic carbocycles. The van der Waals surface area contributed by atoms with Gasteiger partial charge < -0.3 is 4.90 Å². The Morgan fingerprint density at radius 1 is 1.24 bits per heavy atom. The molecule has 0 unspecified atom stereocenters. The highest BCUT2D eigenvalue weighted by Crippen LogP contribution is 2.15. The Kier molecular flexibility index (Phi) is 3.14. The molecule has 0 radical (unpaired) electrons. The first-order chi connectivity index (χ1) is 8.18. The number of halogens is 1. The number of carbonyl (C=O) groups is 1. The molecule has 2 aromatic rings. The smallest absolute Gasteiger partial charge is 0.259 e. The summed E-state index contributed by atoms with van der Waals surface area (Å²) < 4.78 is 12.8. The molecule has 17 heavy (non-hydrogen) atoms. The molecule has 0 aliphatic heterocycles. The standard InChI is InChI=1S/C13H11FN2O/c1-16(12-6-4-11(14)5-7-12)13(17)10-3-2-8-15-9-10/h2-9H,1H3. The van der Waals surface area contributed by atoms with E-state index in [1.54, 1.807) is 37.5 Å². The van der Waals surface area contributed by atoms with Crippen molar-refractivity contribution in [1.29, 1.82) is 0 Å². The lowest BCUT2D eigenvalue weighted by Crippen LogP contribution is -2.26. The first-order valence-electron chi connectivity index (χ1n) is 5.12. The predicted octanol–water partition coefficient (Wildman–Crippen LogP) is 2.50. The monoisotopic (exact) mass is 230 g/mol. The maximum Gasteiger partial charge on any atom is 0.259 e. The van der Waals surface area contributed by atoms with Crippen LogP contribution in [0.4, 0.5) is 10.1 Å². The van der Waals surface area contributed by atoms with Crippen LogP contribution in [-0.4, -0.2) is 17.9 Å². The molecule has 0 saturated carbocycles. The zero-order chi connectivity index (χ0) is 12.3. The molecule has 1 heterocycles. The highest BCUT2D eigenvalue weighted by atomic mass is 19.1. The molecular weight excluding hydrogens is 219 g/mol. The molecule has 0 aliphatic rings. The third-order valence-corrected chi connectivity index (χ3v) is 2.43. The second-order valence-electron chi connectivity index (χ2n) is 3.58. The van der Waals surface area contributed by atoms with Crippen LogP contribution < -0.4 is 4.90 Å². The molecule has 1 aromatic heterocycles. The lowest BCUT2D eigenvalue weighted by atomic mass is 10.2. The van der Waals surface area contributed by atoms with Gasteiger partial charge >= 0.3 is 0 Å². The van der Waals surface area contributed by atoms with Crippen molar-refractivity contribution < 1.29 is 9.18 Å². The number of hydrogen-bond acceptors (Lipinski definition) is 2. The summed E-state index contributed by atoms with van der Waals surface area (Å²) in [5.74, 6) is -0.499. The normalized spacial score (nSPS) is 10.0. The molecule has 86 valence electrons. The van der Waals surface area contributed by atoms with Gasteiger partial charge in [-0.2, -0.15) is 0 Å². The quantitative estimate of drug-likeness (QED) is 0.794.